The van der Waals surface area contributed by atoms with Gasteiger partial charge in [-0.2, -0.15) is 0 Å². The van der Waals surface area contributed by atoms with Crippen molar-refractivity contribution in [2.45, 2.75) is 26.8 Å². The highest BCUT2D eigenvalue weighted by Gasteiger charge is 2.43. The fourth-order valence-electron chi connectivity index (χ4n) is 2.68. The highest BCUT2D eigenvalue weighted by Crippen LogP contribution is 2.34. The van der Waals surface area contributed by atoms with Crippen LogP contribution in [0.5, 0.6) is 0 Å². The van der Waals surface area contributed by atoms with Gasteiger partial charge in [0.05, 0.1) is 5.41 Å². The molecule has 4 heteroatoms. The standard InChI is InChI=1S/C14H23N3O/c1-11(2)14(5-6-15-10-14)13(18)16-8-12-4-7-17(3)9-12/h4,7,9,11,15H,5-6,8,10H2,1-3H3,(H,16,18). The molecule has 1 unspecified atom stereocenters. The fourth-order valence-corrected chi connectivity index (χ4v) is 2.68. The van der Waals surface area contributed by atoms with Crippen LogP contribution in [0.2, 0.25) is 0 Å². The predicted octanol–water partition coefficient (Wildman–Crippen LogP) is 1.28. The molecule has 0 spiro atoms. The fraction of sp³-hybridized carbons (Fsp3) is 0.643. The highest BCUT2D eigenvalue weighted by molar-refractivity contribution is 5.83. The number of nitrogens with zero attached hydrogens (tertiary/aromatic N) is 1. The van der Waals surface area contributed by atoms with Crippen molar-refractivity contribution in [3.63, 3.8) is 0 Å². The zero-order chi connectivity index (χ0) is 13.2. The first kappa shape index (κ1) is 13.1. The third-order valence-corrected chi connectivity index (χ3v) is 4.09. The minimum Gasteiger partial charge on any atom is -0.357 e. The van der Waals surface area contributed by atoms with Crippen molar-refractivity contribution in [3.05, 3.63) is 24.0 Å². The van der Waals surface area contributed by atoms with Gasteiger partial charge in [0.25, 0.3) is 0 Å². The van der Waals surface area contributed by atoms with E-state index in [1.54, 1.807) is 0 Å². The number of hydrogen-bond acceptors (Lipinski definition) is 2. The molecule has 1 fully saturated rings. The highest BCUT2D eigenvalue weighted by atomic mass is 16.2. The lowest BCUT2D eigenvalue weighted by atomic mass is 9.75. The topological polar surface area (TPSA) is 46.1 Å². The first-order chi connectivity index (χ1) is 8.54. The van der Waals surface area contributed by atoms with Gasteiger partial charge in [0.15, 0.2) is 0 Å². The van der Waals surface area contributed by atoms with Crippen LogP contribution >= 0.6 is 0 Å². The normalized spacial score (nSPS) is 23.6. The van der Waals surface area contributed by atoms with Gasteiger partial charge in [-0.25, -0.2) is 0 Å². The monoisotopic (exact) mass is 249 g/mol. The Balaban J connectivity index is 1.98. The Bertz CT molecular complexity index is 416. The van der Waals surface area contributed by atoms with Crippen LogP contribution in [0, 0.1) is 11.3 Å². The molecule has 0 aliphatic carbocycles. The molecule has 18 heavy (non-hydrogen) atoms. The van der Waals surface area contributed by atoms with E-state index in [1.807, 2.05) is 30.1 Å². The zero-order valence-electron chi connectivity index (χ0n) is 11.5. The van der Waals surface area contributed by atoms with Crippen LogP contribution in [0.25, 0.3) is 0 Å². The van der Waals surface area contributed by atoms with E-state index in [0.717, 1.165) is 25.1 Å². The number of carbonyl (C=O) groups is 1. The van der Waals surface area contributed by atoms with Gasteiger partial charge in [-0.3, -0.25) is 4.79 Å². The van der Waals surface area contributed by atoms with Crippen molar-refractivity contribution in [1.29, 1.82) is 0 Å². The van der Waals surface area contributed by atoms with E-state index in [1.165, 1.54) is 0 Å². The molecule has 2 N–H and O–H groups in total. The number of rotatable bonds is 4. The third-order valence-electron chi connectivity index (χ3n) is 4.09. The maximum absolute atomic E-state index is 12.4. The van der Waals surface area contributed by atoms with Crippen molar-refractivity contribution in [3.8, 4) is 0 Å². The van der Waals surface area contributed by atoms with Crippen molar-refractivity contribution in [2.24, 2.45) is 18.4 Å². The second kappa shape index (κ2) is 5.14. The number of nitrogens with one attached hydrogen (secondary N) is 2. The molecule has 1 aromatic heterocycles. The lowest BCUT2D eigenvalue weighted by Gasteiger charge is -2.31. The summed E-state index contributed by atoms with van der Waals surface area (Å²) in [6.07, 6.45) is 4.97. The Morgan fingerprint density at radius 2 is 2.39 bits per heavy atom. The molecule has 1 aromatic rings. The van der Waals surface area contributed by atoms with Crippen LogP contribution < -0.4 is 10.6 Å². The average molecular weight is 249 g/mol. The van der Waals surface area contributed by atoms with Gasteiger partial charge in [-0.1, -0.05) is 13.8 Å². The third kappa shape index (κ3) is 2.43. The van der Waals surface area contributed by atoms with E-state index < -0.39 is 0 Å². The van der Waals surface area contributed by atoms with E-state index >= 15 is 0 Å². The molecule has 1 aliphatic rings. The molecule has 100 valence electrons. The van der Waals surface area contributed by atoms with Gasteiger partial charge >= 0.3 is 0 Å². The van der Waals surface area contributed by atoms with Gasteiger partial charge in [-0.05, 0) is 30.5 Å². The van der Waals surface area contributed by atoms with Crippen LogP contribution in [-0.2, 0) is 18.4 Å². The molecular formula is C14H23N3O. The molecule has 1 atom stereocenters. The van der Waals surface area contributed by atoms with Gasteiger partial charge in [-0.15, -0.1) is 0 Å². The van der Waals surface area contributed by atoms with Gasteiger partial charge < -0.3 is 15.2 Å². The SMILES string of the molecule is CC(C)C1(C(=O)NCc2ccn(C)c2)CCNC1. The first-order valence-electron chi connectivity index (χ1n) is 6.64. The number of aromatic nitrogens is 1. The van der Waals surface area contributed by atoms with Crippen LogP contribution in [0.15, 0.2) is 18.5 Å². The summed E-state index contributed by atoms with van der Waals surface area (Å²) in [5, 5.41) is 6.40. The van der Waals surface area contributed by atoms with E-state index in [-0.39, 0.29) is 11.3 Å². The summed E-state index contributed by atoms with van der Waals surface area (Å²) in [6.45, 7) is 6.63. The Labute approximate surface area is 109 Å². The lowest BCUT2D eigenvalue weighted by Crippen LogP contribution is -2.45. The Hall–Kier alpha value is -1.29. The lowest BCUT2D eigenvalue weighted by molar-refractivity contribution is -0.132. The predicted molar refractivity (Wildman–Crippen MR) is 72.0 cm³/mol. The molecule has 0 radical (unpaired) electrons. The van der Waals surface area contributed by atoms with Crippen LogP contribution in [0.1, 0.15) is 25.8 Å². The number of hydrogen-bond donors (Lipinski definition) is 2. The Kier molecular flexibility index (Phi) is 3.76. The summed E-state index contributed by atoms with van der Waals surface area (Å²) in [6, 6.07) is 2.04. The molecule has 0 aromatic carbocycles. The molecule has 0 saturated carbocycles. The number of carbonyl (C=O) groups excluding carboxylic acids is 1. The molecule has 1 amide bonds. The molecule has 0 bridgehead atoms. The summed E-state index contributed by atoms with van der Waals surface area (Å²) in [5.41, 5.74) is 0.921. The number of aryl methyl sites for hydroxylation is 1. The molecular weight excluding hydrogens is 226 g/mol. The smallest absolute Gasteiger partial charge is 0.228 e. The molecule has 4 nitrogen and oxygen atoms in total. The van der Waals surface area contributed by atoms with E-state index in [9.17, 15) is 4.79 Å². The summed E-state index contributed by atoms with van der Waals surface area (Å²) >= 11 is 0. The van der Waals surface area contributed by atoms with Crippen molar-refractivity contribution < 1.29 is 4.79 Å². The van der Waals surface area contributed by atoms with E-state index in [0.29, 0.717) is 12.5 Å². The van der Waals surface area contributed by atoms with Gasteiger partial charge in [0.2, 0.25) is 5.91 Å². The van der Waals surface area contributed by atoms with Crippen molar-refractivity contribution in [1.82, 2.24) is 15.2 Å². The summed E-state index contributed by atoms with van der Waals surface area (Å²) in [5.74, 6) is 0.551. The van der Waals surface area contributed by atoms with Crippen molar-refractivity contribution in [2.75, 3.05) is 13.1 Å². The van der Waals surface area contributed by atoms with E-state index in [4.69, 9.17) is 0 Å². The summed E-state index contributed by atoms with van der Waals surface area (Å²) < 4.78 is 2.00. The van der Waals surface area contributed by atoms with Gasteiger partial charge in [0, 0.05) is 32.5 Å². The van der Waals surface area contributed by atoms with Crippen LogP contribution in [0.4, 0.5) is 0 Å². The maximum Gasteiger partial charge on any atom is 0.228 e. The Morgan fingerprint density at radius 1 is 1.61 bits per heavy atom. The summed E-state index contributed by atoms with van der Waals surface area (Å²) in [7, 11) is 1.99. The molecule has 2 rings (SSSR count). The van der Waals surface area contributed by atoms with Crippen LogP contribution in [0.3, 0.4) is 0 Å². The molecule has 1 aliphatic heterocycles. The number of amides is 1. The van der Waals surface area contributed by atoms with Crippen LogP contribution in [-0.4, -0.2) is 23.6 Å². The van der Waals surface area contributed by atoms with E-state index in [2.05, 4.69) is 24.5 Å². The second-order valence-electron chi connectivity index (χ2n) is 5.61. The second-order valence-corrected chi connectivity index (χ2v) is 5.61. The molecule has 1 saturated heterocycles. The first-order valence-corrected chi connectivity index (χ1v) is 6.64. The Morgan fingerprint density at radius 3 is 2.89 bits per heavy atom. The average Bonchev–Trinajstić information content (AvgIpc) is 2.95. The zero-order valence-corrected chi connectivity index (χ0v) is 11.5. The van der Waals surface area contributed by atoms with Gasteiger partial charge in [0.1, 0.15) is 0 Å². The minimum absolute atomic E-state index is 0.186. The molecule has 2 heterocycles. The van der Waals surface area contributed by atoms with Crippen molar-refractivity contribution >= 4 is 5.91 Å². The summed E-state index contributed by atoms with van der Waals surface area (Å²) in [4.78, 5) is 12.4. The minimum atomic E-state index is -0.227. The quantitative estimate of drug-likeness (QED) is 0.844. The largest absolute Gasteiger partial charge is 0.357 e. The maximum atomic E-state index is 12.4.